The number of rotatable bonds is 8. The van der Waals surface area contributed by atoms with E-state index in [-0.39, 0.29) is 0 Å². The van der Waals surface area contributed by atoms with Gasteiger partial charge in [0.2, 0.25) is 0 Å². The molecule has 0 saturated carbocycles. The maximum Gasteiger partial charge on any atom is 0.166 e. The van der Waals surface area contributed by atoms with Gasteiger partial charge in [-0.2, -0.15) is 0 Å². The minimum absolute atomic E-state index is 0.689. The molecule has 1 aliphatic carbocycles. The molecule has 0 saturated heterocycles. The van der Waals surface area contributed by atoms with E-state index in [4.69, 9.17) is 4.42 Å². The SMILES string of the molecule is C=C(/C=C\C=C(/C)P(=O)(c1ccccc1)c1ccccc1)c1ccc2c(c1)C(c1ccccc1)(c1ccccc1)c1ccccc1-c1oc3ccccc3c1-2. The summed E-state index contributed by atoms with van der Waals surface area (Å²) < 4.78 is 21.7. The number of hydrogen-bond donors (Lipinski definition) is 0. The Morgan fingerprint density at radius 3 is 1.78 bits per heavy atom. The molecule has 55 heavy (non-hydrogen) atoms. The van der Waals surface area contributed by atoms with Crippen LogP contribution in [0.15, 0.2) is 223 Å². The van der Waals surface area contributed by atoms with Crippen LogP contribution in [0.1, 0.15) is 34.7 Å². The molecule has 3 heteroatoms. The van der Waals surface area contributed by atoms with E-state index in [9.17, 15) is 4.57 Å². The Balaban J connectivity index is 1.24. The highest BCUT2D eigenvalue weighted by Crippen LogP contribution is 2.57. The summed E-state index contributed by atoms with van der Waals surface area (Å²) in [4.78, 5) is 0. The maximum atomic E-state index is 14.9. The Bertz CT molecular complexity index is 2710. The normalized spacial score (nSPS) is 13.5. The Kier molecular flexibility index (Phi) is 8.77. The number of benzene rings is 7. The van der Waals surface area contributed by atoms with Gasteiger partial charge in [0.05, 0.1) is 5.41 Å². The minimum atomic E-state index is -3.06. The second-order valence-corrected chi connectivity index (χ2v) is 17.0. The summed E-state index contributed by atoms with van der Waals surface area (Å²) in [5.41, 5.74) is 9.94. The first kappa shape index (κ1) is 34.3. The van der Waals surface area contributed by atoms with Gasteiger partial charge < -0.3 is 8.98 Å². The minimum Gasteiger partial charge on any atom is -0.455 e. The molecule has 0 aliphatic heterocycles. The molecule has 1 aliphatic rings. The molecule has 0 unspecified atom stereocenters. The third-order valence-electron chi connectivity index (χ3n) is 11.0. The molecular formula is C52H39O2P. The lowest BCUT2D eigenvalue weighted by atomic mass is 9.63. The van der Waals surface area contributed by atoms with Gasteiger partial charge in [-0.3, -0.25) is 0 Å². The van der Waals surface area contributed by atoms with Crippen LogP contribution in [0, 0.1) is 0 Å². The van der Waals surface area contributed by atoms with Crippen LogP contribution in [0.3, 0.4) is 0 Å². The highest BCUT2D eigenvalue weighted by molar-refractivity contribution is 7.82. The molecule has 0 amide bonds. The summed E-state index contributed by atoms with van der Waals surface area (Å²) >= 11 is 0. The fraction of sp³-hybridized carbons (Fsp3) is 0.0385. The lowest BCUT2D eigenvalue weighted by molar-refractivity contribution is 0.590. The van der Waals surface area contributed by atoms with Crippen molar-refractivity contribution in [1.82, 2.24) is 0 Å². The smallest absolute Gasteiger partial charge is 0.166 e. The van der Waals surface area contributed by atoms with Gasteiger partial charge in [0, 0.05) is 27.1 Å². The molecule has 0 N–H and O–H groups in total. The molecule has 0 fully saturated rings. The number of furan rings is 1. The van der Waals surface area contributed by atoms with Crippen molar-refractivity contribution in [3.05, 3.63) is 246 Å². The Hall–Kier alpha value is -6.47. The summed E-state index contributed by atoms with van der Waals surface area (Å²) in [6.45, 7) is 6.56. The highest BCUT2D eigenvalue weighted by Gasteiger charge is 2.45. The quantitative estimate of drug-likeness (QED) is 0.115. The van der Waals surface area contributed by atoms with Crippen molar-refractivity contribution in [1.29, 1.82) is 0 Å². The van der Waals surface area contributed by atoms with Crippen molar-refractivity contribution in [2.24, 2.45) is 0 Å². The molecule has 0 atom stereocenters. The zero-order valence-corrected chi connectivity index (χ0v) is 31.5. The first-order valence-corrected chi connectivity index (χ1v) is 20.4. The van der Waals surface area contributed by atoms with Crippen molar-refractivity contribution in [2.75, 3.05) is 0 Å². The highest BCUT2D eigenvalue weighted by atomic mass is 31.2. The van der Waals surface area contributed by atoms with Crippen LogP contribution < -0.4 is 10.6 Å². The van der Waals surface area contributed by atoms with E-state index in [1.54, 1.807) is 0 Å². The van der Waals surface area contributed by atoms with Gasteiger partial charge in [0.1, 0.15) is 11.3 Å². The van der Waals surface area contributed by atoms with E-state index in [1.165, 1.54) is 11.1 Å². The lowest BCUT2D eigenvalue weighted by Crippen LogP contribution is -2.31. The topological polar surface area (TPSA) is 30.2 Å². The van der Waals surface area contributed by atoms with Gasteiger partial charge in [0.25, 0.3) is 0 Å². The third-order valence-corrected chi connectivity index (χ3v) is 14.2. The molecule has 1 heterocycles. The number of para-hydroxylation sites is 1. The Morgan fingerprint density at radius 2 is 1.15 bits per heavy atom. The van der Waals surface area contributed by atoms with Crippen LogP contribution >= 0.6 is 7.14 Å². The van der Waals surface area contributed by atoms with Gasteiger partial charge in [-0.15, -0.1) is 0 Å². The predicted molar refractivity (Wildman–Crippen MR) is 231 cm³/mol. The van der Waals surface area contributed by atoms with Gasteiger partial charge >= 0.3 is 0 Å². The molecule has 264 valence electrons. The first-order valence-electron chi connectivity index (χ1n) is 18.6. The van der Waals surface area contributed by atoms with Gasteiger partial charge in [-0.05, 0) is 63.3 Å². The molecule has 9 rings (SSSR count). The van der Waals surface area contributed by atoms with Crippen LogP contribution in [0.5, 0.6) is 0 Å². The van der Waals surface area contributed by atoms with Crippen molar-refractivity contribution in [2.45, 2.75) is 12.3 Å². The number of fused-ring (bicyclic) bond motifs is 7. The fourth-order valence-electron chi connectivity index (χ4n) is 8.43. The van der Waals surface area contributed by atoms with Crippen molar-refractivity contribution < 1.29 is 8.98 Å². The van der Waals surface area contributed by atoms with E-state index < -0.39 is 12.6 Å². The second-order valence-electron chi connectivity index (χ2n) is 14.1. The van der Waals surface area contributed by atoms with Crippen molar-refractivity contribution in [3.63, 3.8) is 0 Å². The maximum absolute atomic E-state index is 14.9. The fourth-order valence-corrected chi connectivity index (χ4v) is 11.0. The van der Waals surface area contributed by atoms with E-state index in [0.717, 1.165) is 71.6 Å². The largest absolute Gasteiger partial charge is 0.455 e. The molecule has 2 nitrogen and oxygen atoms in total. The summed E-state index contributed by atoms with van der Waals surface area (Å²) in [5, 5.41) is 3.52. The Morgan fingerprint density at radius 1 is 0.600 bits per heavy atom. The van der Waals surface area contributed by atoms with Gasteiger partial charge in [-0.1, -0.05) is 201 Å². The molecule has 1 aromatic heterocycles. The van der Waals surface area contributed by atoms with Gasteiger partial charge in [-0.25, -0.2) is 0 Å². The predicted octanol–water partition coefficient (Wildman–Crippen LogP) is 13.0. The van der Waals surface area contributed by atoms with E-state index in [2.05, 4.69) is 128 Å². The van der Waals surface area contributed by atoms with Crippen LogP contribution in [0.25, 0.3) is 39.0 Å². The van der Waals surface area contributed by atoms with Crippen molar-refractivity contribution >= 4 is 34.3 Å². The molecule has 0 bridgehead atoms. The lowest BCUT2D eigenvalue weighted by Gasteiger charge is -2.38. The number of hydrogen-bond acceptors (Lipinski definition) is 2. The summed E-state index contributed by atoms with van der Waals surface area (Å²) in [5.74, 6) is 0.875. The van der Waals surface area contributed by atoms with Crippen molar-refractivity contribution in [3.8, 4) is 22.5 Å². The molecule has 8 aromatic rings. The van der Waals surface area contributed by atoms with Gasteiger partial charge in [0.15, 0.2) is 7.14 Å². The second kappa shape index (κ2) is 14.1. The first-order chi connectivity index (χ1) is 27.0. The molecule has 0 radical (unpaired) electrons. The Labute approximate surface area is 322 Å². The monoisotopic (exact) mass is 726 g/mol. The zero-order valence-electron chi connectivity index (χ0n) is 30.6. The summed E-state index contributed by atoms with van der Waals surface area (Å²) in [6.07, 6.45) is 6.00. The third kappa shape index (κ3) is 5.61. The van der Waals surface area contributed by atoms with E-state index in [0.29, 0.717) is 0 Å². The van der Waals surface area contributed by atoms with Crippen LogP contribution in [-0.2, 0) is 9.98 Å². The van der Waals surface area contributed by atoms with Crippen LogP contribution in [0.4, 0.5) is 0 Å². The average molecular weight is 727 g/mol. The standard InChI is InChI=1S/C52H39O2P/c1-37(20-19-21-38(2)55(53,42-26-11-5-12-27-42)43-28-13-6-14-29-43)39-34-35-44-48(36-39)52(40-22-7-3-8-23-40,41-24-9-4-10-25-41)47-32-17-15-30-45(47)51-50(44)46-31-16-18-33-49(46)54-51/h3-36H,1H2,2H3/b20-19-,38-21+. The van der Waals surface area contributed by atoms with E-state index in [1.807, 2.05) is 91.9 Å². The zero-order chi connectivity index (χ0) is 37.4. The number of allylic oxidation sites excluding steroid dienone is 5. The summed E-state index contributed by atoms with van der Waals surface area (Å²) in [6, 6.07) is 65.0. The average Bonchev–Trinajstić information content (AvgIpc) is 3.60. The molecular weight excluding hydrogens is 688 g/mol. The van der Waals surface area contributed by atoms with Crippen LogP contribution in [0.2, 0.25) is 0 Å². The van der Waals surface area contributed by atoms with Crippen LogP contribution in [-0.4, -0.2) is 0 Å². The van der Waals surface area contributed by atoms with E-state index >= 15 is 0 Å². The molecule has 7 aromatic carbocycles. The molecule has 0 spiro atoms. The summed E-state index contributed by atoms with van der Waals surface area (Å²) in [7, 11) is -3.06.